The third kappa shape index (κ3) is 12.1. The fourth-order valence-corrected chi connectivity index (χ4v) is 4.83. The molecule has 4 aromatic rings. The number of fused-ring (bicyclic) bond motifs is 1. The fourth-order valence-electron chi connectivity index (χ4n) is 4.83. The van der Waals surface area contributed by atoms with Crippen molar-refractivity contribution in [3.8, 4) is 17.2 Å². The lowest BCUT2D eigenvalue weighted by Crippen LogP contribution is -2.31. The average Bonchev–Trinajstić information content (AvgIpc) is 3.06. The van der Waals surface area contributed by atoms with Crippen LogP contribution in [0.25, 0.3) is 16.6 Å². The van der Waals surface area contributed by atoms with Gasteiger partial charge < -0.3 is 19.7 Å². The molecule has 1 heterocycles. The van der Waals surface area contributed by atoms with Crippen LogP contribution in [0, 0.1) is 6.92 Å². The lowest BCUT2D eigenvalue weighted by atomic mass is 10.1. The number of halogens is 1. The first kappa shape index (κ1) is 39.4. The molecule has 4 rings (SSSR count). The first-order chi connectivity index (χ1) is 22.6. The molecule has 0 spiro atoms. The summed E-state index contributed by atoms with van der Waals surface area (Å²) in [5.74, 6) is 2.04. The molecule has 47 heavy (non-hydrogen) atoms. The second-order valence-corrected chi connectivity index (χ2v) is 11.4. The Hall–Kier alpha value is -3.76. The molecule has 9 nitrogen and oxygen atoms in total. The van der Waals surface area contributed by atoms with Gasteiger partial charge in [-0.3, -0.25) is 19.1 Å². The molecular weight excluding hydrogens is 618 g/mol. The summed E-state index contributed by atoms with van der Waals surface area (Å²) < 4.78 is 12.8. The summed E-state index contributed by atoms with van der Waals surface area (Å²) in [4.78, 5) is 31.6. The summed E-state index contributed by atoms with van der Waals surface area (Å²) in [5, 5.41) is 19.8. The van der Waals surface area contributed by atoms with Crippen molar-refractivity contribution < 1.29 is 24.5 Å². The Morgan fingerprint density at radius 2 is 1.64 bits per heavy atom. The number of aliphatic hydroxyl groups is 2. The Morgan fingerprint density at radius 3 is 2.21 bits per heavy atom. The number of carbonyl (C=O) groups excluding carboxylic acids is 1. The Bertz CT molecular complexity index is 1580. The van der Waals surface area contributed by atoms with Crippen molar-refractivity contribution in [2.45, 2.75) is 73.1 Å². The predicted octanol–water partition coefficient (Wildman–Crippen LogP) is 6.64. The van der Waals surface area contributed by atoms with E-state index in [9.17, 15) is 19.8 Å². The minimum atomic E-state index is -1.05. The Morgan fingerprint density at radius 1 is 1.00 bits per heavy atom. The van der Waals surface area contributed by atoms with Gasteiger partial charge in [0, 0.05) is 6.38 Å². The van der Waals surface area contributed by atoms with E-state index in [1.807, 2.05) is 69.3 Å². The van der Waals surface area contributed by atoms with Crippen LogP contribution in [-0.2, 0) is 11.3 Å². The highest BCUT2D eigenvalue weighted by Gasteiger charge is 2.19. The Labute approximate surface area is 283 Å². The van der Waals surface area contributed by atoms with E-state index in [4.69, 9.17) is 14.5 Å². The normalized spacial score (nSPS) is 11.4. The second-order valence-electron chi connectivity index (χ2n) is 11.4. The predicted molar refractivity (Wildman–Crippen MR) is 190 cm³/mol. The van der Waals surface area contributed by atoms with Crippen molar-refractivity contribution in [1.29, 1.82) is 0 Å². The highest BCUT2D eigenvalue weighted by Crippen LogP contribution is 2.26. The first-order valence-corrected chi connectivity index (χ1v) is 16.7. The number of rotatable bonds is 14. The summed E-state index contributed by atoms with van der Waals surface area (Å²) in [6.07, 6.45) is 2.38. The van der Waals surface area contributed by atoms with E-state index < -0.39 is 12.7 Å². The van der Waals surface area contributed by atoms with Gasteiger partial charge in [0.05, 0.1) is 35.8 Å². The molecule has 10 heteroatoms. The van der Waals surface area contributed by atoms with Gasteiger partial charge in [0.25, 0.3) is 5.56 Å². The molecule has 0 bridgehead atoms. The molecule has 0 radical (unpaired) electrons. The highest BCUT2D eigenvalue weighted by atomic mass is 35.5. The zero-order chi connectivity index (χ0) is 34.9. The quantitative estimate of drug-likeness (QED) is 0.144. The largest absolute Gasteiger partial charge is 0.489 e. The first-order valence-electron chi connectivity index (χ1n) is 16.0. The summed E-state index contributed by atoms with van der Waals surface area (Å²) >= 11 is 4.64. The Kier molecular flexibility index (Phi) is 17.2. The molecule has 0 saturated heterocycles. The van der Waals surface area contributed by atoms with Gasteiger partial charge in [-0.1, -0.05) is 49.7 Å². The summed E-state index contributed by atoms with van der Waals surface area (Å²) in [7, 11) is 0. The average molecular weight is 668 g/mol. The SMILES string of the molecule is CC(=O)COc1ccc(C)cc1.CCCN(CCC)Cc1nc2ccc(C(O)CO)cc2c(=O)n1-c1ccccc1OC(C)C.CCl. The molecule has 1 atom stereocenters. The van der Waals surface area contributed by atoms with Gasteiger partial charge in [-0.05, 0) is 95.6 Å². The van der Waals surface area contributed by atoms with E-state index in [-0.39, 0.29) is 24.1 Å². The summed E-state index contributed by atoms with van der Waals surface area (Å²) in [6.45, 7) is 13.8. The molecule has 256 valence electrons. The third-order valence-electron chi connectivity index (χ3n) is 6.90. The van der Waals surface area contributed by atoms with E-state index in [1.165, 1.54) is 18.9 Å². The molecule has 0 saturated carbocycles. The Balaban J connectivity index is 0.000000458. The zero-order valence-corrected chi connectivity index (χ0v) is 29.5. The summed E-state index contributed by atoms with van der Waals surface area (Å²) in [6, 6.07) is 20.2. The van der Waals surface area contributed by atoms with Crippen molar-refractivity contribution in [3.63, 3.8) is 0 Å². The van der Waals surface area contributed by atoms with Gasteiger partial charge in [-0.15, -0.1) is 11.6 Å². The summed E-state index contributed by atoms with van der Waals surface area (Å²) in [5.41, 5.74) is 2.64. The topological polar surface area (TPSA) is 114 Å². The van der Waals surface area contributed by atoms with Crippen molar-refractivity contribution in [3.05, 3.63) is 94.0 Å². The van der Waals surface area contributed by atoms with Crippen LogP contribution in [-0.4, -0.2) is 69.2 Å². The van der Waals surface area contributed by atoms with Crippen LogP contribution in [0.1, 0.15) is 70.5 Å². The maximum atomic E-state index is 13.9. The number of carbonyl (C=O) groups is 1. The van der Waals surface area contributed by atoms with Gasteiger partial charge in [-0.25, -0.2) is 4.98 Å². The van der Waals surface area contributed by atoms with Crippen LogP contribution in [0.3, 0.4) is 0 Å². The van der Waals surface area contributed by atoms with Crippen molar-refractivity contribution in [1.82, 2.24) is 14.5 Å². The van der Waals surface area contributed by atoms with Gasteiger partial charge in [0.15, 0.2) is 5.78 Å². The second kappa shape index (κ2) is 20.5. The number of aryl methyl sites for hydroxylation is 1. The molecule has 1 unspecified atom stereocenters. The van der Waals surface area contributed by atoms with E-state index in [0.29, 0.717) is 40.3 Å². The highest BCUT2D eigenvalue weighted by molar-refractivity contribution is 6.15. The maximum Gasteiger partial charge on any atom is 0.266 e. The number of Topliss-reactive ketones (excluding diaryl/α,β-unsaturated/α-hetero) is 1. The number of benzene rings is 3. The molecule has 0 aliphatic carbocycles. The molecule has 0 aliphatic heterocycles. The number of para-hydroxylation sites is 2. The number of aromatic nitrogens is 2. The van der Waals surface area contributed by atoms with E-state index in [2.05, 4.69) is 30.3 Å². The molecule has 2 N–H and O–H groups in total. The van der Waals surface area contributed by atoms with Gasteiger partial charge >= 0.3 is 0 Å². The van der Waals surface area contributed by atoms with Crippen LogP contribution >= 0.6 is 11.6 Å². The lowest BCUT2D eigenvalue weighted by Gasteiger charge is -2.24. The van der Waals surface area contributed by atoms with Crippen LogP contribution in [0.2, 0.25) is 0 Å². The molecule has 0 amide bonds. The number of ether oxygens (including phenoxy) is 2. The molecular formula is C37H50ClN3O6. The fraction of sp³-hybridized carbons (Fsp3) is 0.432. The maximum absolute atomic E-state index is 13.9. The molecule has 0 aliphatic rings. The monoisotopic (exact) mass is 667 g/mol. The smallest absolute Gasteiger partial charge is 0.266 e. The van der Waals surface area contributed by atoms with Crippen LogP contribution in [0.15, 0.2) is 71.5 Å². The van der Waals surface area contributed by atoms with Crippen molar-refractivity contribution in [2.75, 3.05) is 32.7 Å². The van der Waals surface area contributed by atoms with Crippen LogP contribution in [0.4, 0.5) is 0 Å². The van der Waals surface area contributed by atoms with Crippen LogP contribution in [0.5, 0.6) is 11.5 Å². The van der Waals surface area contributed by atoms with Crippen molar-refractivity contribution in [2.24, 2.45) is 0 Å². The van der Waals surface area contributed by atoms with Gasteiger partial charge in [-0.2, -0.15) is 0 Å². The number of aliphatic hydroxyl groups excluding tert-OH is 2. The molecule has 0 fully saturated rings. The van der Waals surface area contributed by atoms with E-state index >= 15 is 0 Å². The van der Waals surface area contributed by atoms with Crippen molar-refractivity contribution >= 4 is 28.3 Å². The minimum Gasteiger partial charge on any atom is -0.489 e. The molecule has 3 aromatic carbocycles. The number of ketones is 1. The number of nitrogens with zero attached hydrogens (tertiary/aromatic N) is 3. The minimum absolute atomic E-state index is 0.0376. The van der Waals surface area contributed by atoms with E-state index in [1.54, 1.807) is 22.8 Å². The zero-order valence-electron chi connectivity index (χ0n) is 28.7. The number of hydrogen-bond donors (Lipinski definition) is 2. The van der Waals surface area contributed by atoms with Gasteiger partial charge in [0.2, 0.25) is 0 Å². The van der Waals surface area contributed by atoms with Gasteiger partial charge in [0.1, 0.15) is 30.0 Å². The van der Waals surface area contributed by atoms with E-state index in [0.717, 1.165) is 31.7 Å². The third-order valence-corrected chi connectivity index (χ3v) is 6.90. The number of hydrogen-bond acceptors (Lipinski definition) is 8. The number of alkyl halides is 1. The van der Waals surface area contributed by atoms with Crippen LogP contribution < -0.4 is 15.0 Å². The molecule has 1 aromatic heterocycles. The lowest BCUT2D eigenvalue weighted by molar-refractivity contribution is -0.118. The standard InChI is InChI=1S/C26H35N3O4.C10H12O2.CH3Cl/c1-5-13-28(14-6-2)16-25-27-21-12-11-19(23(31)17-30)15-20(21)26(32)29(25)22-9-7-8-10-24(22)33-18(3)4;1-8-3-5-10(6-4-8)12-7-9(2)11;1-2/h7-12,15,18,23,30-31H,5-6,13-14,16-17H2,1-4H3;3-6H,7H2,1-2H3;1H3.